The quantitative estimate of drug-likeness (QED) is 0.514. The molecule has 0 unspecified atom stereocenters. The van der Waals surface area contributed by atoms with Crippen LogP contribution in [0.4, 0.5) is 11.4 Å². The Morgan fingerprint density at radius 3 is 2.44 bits per heavy atom. The molecule has 0 radical (unpaired) electrons. The summed E-state index contributed by atoms with van der Waals surface area (Å²) in [6, 6.07) is 3.71. The highest BCUT2D eigenvalue weighted by molar-refractivity contribution is 6.32. The first-order valence-electron chi connectivity index (χ1n) is 6.84. The molecule has 128 valence electrons. The fourth-order valence-corrected chi connectivity index (χ4v) is 2.85. The molecule has 0 spiro atoms. The van der Waals surface area contributed by atoms with Crippen LogP contribution in [0.3, 0.4) is 0 Å². The van der Waals surface area contributed by atoms with Crippen LogP contribution in [0.1, 0.15) is 11.3 Å². The Morgan fingerprint density at radius 2 is 1.88 bits per heavy atom. The molecule has 0 N–H and O–H groups in total. The molecule has 0 aliphatic carbocycles. The number of non-ortho nitro benzene ring substituents is 1. The zero-order valence-electron chi connectivity index (χ0n) is 12.8. The summed E-state index contributed by atoms with van der Waals surface area (Å²) < 4.78 is 6.27. The lowest BCUT2D eigenvalue weighted by Gasteiger charge is -2.05. The average molecular weight is 365 g/mol. The van der Waals surface area contributed by atoms with Crippen molar-refractivity contribution in [3.8, 4) is 5.69 Å². The SMILES string of the molecule is Cc1nn(-c2ccc([N+](=O)[O-])cc2Cl)c2oc(=O)c([N+](=O)[O-])c(C)c12. The van der Waals surface area contributed by atoms with Gasteiger partial charge in [-0.15, -0.1) is 0 Å². The summed E-state index contributed by atoms with van der Waals surface area (Å²) in [4.78, 5) is 32.4. The van der Waals surface area contributed by atoms with Crippen LogP contribution >= 0.6 is 11.6 Å². The number of aryl methyl sites for hydroxylation is 2. The van der Waals surface area contributed by atoms with Crippen molar-refractivity contribution in [3.63, 3.8) is 0 Å². The zero-order chi connectivity index (χ0) is 18.5. The molecule has 25 heavy (non-hydrogen) atoms. The highest BCUT2D eigenvalue weighted by atomic mass is 35.5. The van der Waals surface area contributed by atoms with Crippen LogP contribution in [0.25, 0.3) is 16.8 Å². The third-order valence-corrected chi connectivity index (χ3v) is 3.99. The summed E-state index contributed by atoms with van der Waals surface area (Å²) in [6.07, 6.45) is 0. The summed E-state index contributed by atoms with van der Waals surface area (Å²) in [5, 5.41) is 26.4. The summed E-state index contributed by atoms with van der Waals surface area (Å²) >= 11 is 6.09. The topological polar surface area (TPSA) is 134 Å². The van der Waals surface area contributed by atoms with Gasteiger partial charge in [-0.1, -0.05) is 11.6 Å². The highest BCUT2D eigenvalue weighted by Gasteiger charge is 2.26. The van der Waals surface area contributed by atoms with Crippen LogP contribution in [-0.2, 0) is 0 Å². The van der Waals surface area contributed by atoms with E-state index in [1.165, 1.54) is 23.7 Å². The van der Waals surface area contributed by atoms with Crippen LogP contribution < -0.4 is 5.63 Å². The number of halogens is 1. The van der Waals surface area contributed by atoms with E-state index in [1.54, 1.807) is 6.92 Å². The van der Waals surface area contributed by atoms with E-state index < -0.39 is 21.2 Å². The number of fused-ring (bicyclic) bond motifs is 1. The third kappa shape index (κ3) is 2.52. The van der Waals surface area contributed by atoms with E-state index >= 15 is 0 Å². The number of nitro benzene ring substituents is 1. The van der Waals surface area contributed by atoms with Gasteiger partial charge in [0.2, 0.25) is 5.71 Å². The van der Waals surface area contributed by atoms with Crippen molar-refractivity contribution in [2.75, 3.05) is 0 Å². The second kappa shape index (κ2) is 5.67. The van der Waals surface area contributed by atoms with Crippen molar-refractivity contribution in [1.29, 1.82) is 0 Å². The van der Waals surface area contributed by atoms with Crippen molar-refractivity contribution in [2.24, 2.45) is 0 Å². The third-order valence-electron chi connectivity index (χ3n) is 3.68. The molecule has 0 aliphatic heterocycles. The van der Waals surface area contributed by atoms with Crippen molar-refractivity contribution < 1.29 is 14.3 Å². The predicted octanol–water partition coefficient (Wildman–Crippen LogP) is 3.07. The smallest absolute Gasteiger partial charge is 0.398 e. The largest absolute Gasteiger partial charge is 0.416 e. The minimum absolute atomic E-state index is 0.0113. The number of hydrogen-bond acceptors (Lipinski definition) is 7. The van der Waals surface area contributed by atoms with Crippen molar-refractivity contribution in [3.05, 3.63) is 65.1 Å². The molecule has 0 saturated carbocycles. The van der Waals surface area contributed by atoms with Crippen LogP contribution in [0.5, 0.6) is 0 Å². The van der Waals surface area contributed by atoms with E-state index in [0.717, 1.165) is 6.07 Å². The monoisotopic (exact) mass is 364 g/mol. The number of nitrogens with zero attached hydrogens (tertiary/aromatic N) is 4. The van der Waals surface area contributed by atoms with Crippen LogP contribution in [0.2, 0.25) is 5.02 Å². The summed E-state index contributed by atoms with van der Waals surface area (Å²) in [6.45, 7) is 3.02. The Balaban J connectivity index is 2.35. The molecule has 10 nitrogen and oxygen atoms in total. The molecule has 0 aliphatic rings. The Kier molecular flexibility index (Phi) is 3.76. The van der Waals surface area contributed by atoms with Gasteiger partial charge in [-0.2, -0.15) is 9.78 Å². The minimum Gasteiger partial charge on any atom is -0.398 e. The molecule has 0 bridgehead atoms. The van der Waals surface area contributed by atoms with Crippen LogP contribution in [-0.4, -0.2) is 19.6 Å². The summed E-state index contributed by atoms with van der Waals surface area (Å²) in [5.74, 6) is 0. The fraction of sp³-hybridized carbons (Fsp3) is 0.143. The lowest BCUT2D eigenvalue weighted by molar-refractivity contribution is -0.387. The predicted molar refractivity (Wildman–Crippen MR) is 87.4 cm³/mol. The first kappa shape index (κ1) is 16.6. The molecule has 0 amide bonds. The van der Waals surface area contributed by atoms with Gasteiger partial charge in [-0.05, 0) is 19.9 Å². The second-order valence-corrected chi connectivity index (χ2v) is 5.60. The number of rotatable bonds is 3. The van der Waals surface area contributed by atoms with Crippen LogP contribution in [0.15, 0.2) is 27.4 Å². The van der Waals surface area contributed by atoms with E-state index in [0.29, 0.717) is 11.1 Å². The summed E-state index contributed by atoms with van der Waals surface area (Å²) in [7, 11) is 0. The molecule has 2 heterocycles. The maximum Gasteiger partial charge on any atom is 0.416 e. The molecule has 0 saturated heterocycles. The van der Waals surface area contributed by atoms with Gasteiger partial charge in [-0.3, -0.25) is 20.2 Å². The number of aromatic nitrogens is 2. The van der Waals surface area contributed by atoms with Crippen molar-refractivity contribution in [2.45, 2.75) is 13.8 Å². The van der Waals surface area contributed by atoms with Crippen molar-refractivity contribution >= 4 is 34.1 Å². The van der Waals surface area contributed by atoms with E-state index in [2.05, 4.69) is 5.10 Å². The van der Waals surface area contributed by atoms with Gasteiger partial charge < -0.3 is 4.42 Å². The maximum absolute atomic E-state index is 11.9. The molecule has 3 rings (SSSR count). The van der Waals surface area contributed by atoms with Gasteiger partial charge in [0.15, 0.2) is 0 Å². The minimum atomic E-state index is -1.12. The Morgan fingerprint density at radius 1 is 1.20 bits per heavy atom. The maximum atomic E-state index is 11.9. The lowest BCUT2D eigenvalue weighted by atomic mass is 10.1. The van der Waals surface area contributed by atoms with Gasteiger partial charge in [-0.25, -0.2) is 4.79 Å². The van der Waals surface area contributed by atoms with E-state index in [-0.39, 0.29) is 27.7 Å². The molecule has 2 aromatic heterocycles. The van der Waals surface area contributed by atoms with Gasteiger partial charge in [0, 0.05) is 17.7 Å². The average Bonchev–Trinajstić information content (AvgIpc) is 2.83. The Labute approximate surface area is 143 Å². The summed E-state index contributed by atoms with van der Waals surface area (Å²) in [5.41, 5.74) is -1.27. The standard InChI is InChI=1S/C14H9ClN4O6/c1-6-11-7(2)16-17(13(11)25-14(20)12(6)19(23)24)10-4-3-8(18(21)22)5-9(10)15/h3-5H,1-2H3. The normalized spacial score (nSPS) is 11.0. The van der Waals surface area contributed by atoms with Crippen molar-refractivity contribution in [1.82, 2.24) is 9.78 Å². The fourth-order valence-electron chi connectivity index (χ4n) is 2.60. The molecule has 0 fully saturated rings. The first-order valence-corrected chi connectivity index (χ1v) is 7.22. The molecule has 0 atom stereocenters. The zero-order valence-corrected chi connectivity index (χ0v) is 13.6. The molecular formula is C14H9ClN4O6. The lowest BCUT2D eigenvalue weighted by Crippen LogP contribution is -2.10. The van der Waals surface area contributed by atoms with E-state index in [4.69, 9.17) is 16.0 Å². The molecule has 3 aromatic rings. The molecule has 1 aromatic carbocycles. The Bertz CT molecular complexity index is 1120. The second-order valence-electron chi connectivity index (χ2n) is 5.19. The van der Waals surface area contributed by atoms with Gasteiger partial charge in [0.05, 0.1) is 31.6 Å². The highest BCUT2D eigenvalue weighted by Crippen LogP contribution is 2.31. The number of benzene rings is 1. The molecular weight excluding hydrogens is 356 g/mol. The number of nitro groups is 2. The molecule has 11 heteroatoms. The number of hydrogen-bond donors (Lipinski definition) is 0. The first-order chi connectivity index (χ1) is 11.7. The van der Waals surface area contributed by atoms with Crippen LogP contribution in [0, 0.1) is 34.1 Å². The van der Waals surface area contributed by atoms with Gasteiger partial charge >= 0.3 is 11.3 Å². The van der Waals surface area contributed by atoms with Gasteiger partial charge in [0.25, 0.3) is 5.69 Å². The van der Waals surface area contributed by atoms with Gasteiger partial charge in [0.1, 0.15) is 0 Å². The van der Waals surface area contributed by atoms with E-state index in [9.17, 15) is 25.0 Å². The Hall–Kier alpha value is -3.27. The van der Waals surface area contributed by atoms with E-state index in [1.807, 2.05) is 0 Å².